The highest BCUT2D eigenvalue weighted by Crippen LogP contribution is 2.36. The van der Waals surface area contributed by atoms with Crippen molar-refractivity contribution >= 4 is 33.8 Å². The van der Waals surface area contributed by atoms with Crippen LogP contribution in [-0.2, 0) is 32.5 Å². The minimum atomic E-state index is -2.55. The molecule has 6 rings (SSSR count). The Labute approximate surface area is 236 Å². The number of oxazole rings is 1. The molecule has 0 bridgehead atoms. The first-order chi connectivity index (χ1) is 19.7. The van der Waals surface area contributed by atoms with Gasteiger partial charge in [0.05, 0.1) is 24.7 Å². The lowest BCUT2D eigenvalue weighted by Gasteiger charge is -2.37. The van der Waals surface area contributed by atoms with Crippen LogP contribution in [0.2, 0.25) is 0 Å². The van der Waals surface area contributed by atoms with Gasteiger partial charge in [-0.15, -0.1) is 0 Å². The summed E-state index contributed by atoms with van der Waals surface area (Å²) >= 11 is 0. The molecule has 4 aromatic rings. The van der Waals surface area contributed by atoms with Gasteiger partial charge in [0.15, 0.2) is 5.58 Å². The first-order valence-corrected chi connectivity index (χ1v) is 14.1. The van der Waals surface area contributed by atoms with Crippen LogP contribution in [0.5, 0.6) is 0 Å². The zero-order valence-electron chi connectivity index (χ0n) is 23.2. The van der Waals surface area contributed by atoms with Crippen LogP contribution < -0.4 is 0 Å². The molecule has 3 heterocycles. The summed E-state index contributed by atoms with van der Waals surface area (Å²) in [6.45, 7) is 0.881. The number of nitrogens with zero attached hydrogens (tertiary/aromatic N) is 3. The monoisotopic (exact) mass is 565 g/mol. The Morgan fingerprint density at radius 3 is 2.59 bits per heavy atom. The van der Waals surface area contributed by atoms with Crippen molar-refractivity contribution in [2.45, 2.75) is 57.0 Å². The molecule has 2 aromatic carbocycles. The third-order valence-electron chi connectivity index (χ3n) is 8.39. The average molecular weight is 566 g/mol. The van der Waals surface area contributed by atoms with Gasteiger partial charge in [0, 0.05) is 43.7 Å². The van der Waals surface area contributed by atoms with E-state index < -0.39 is 17.9 Å². The van der Waals surface area contributed by atoms with E-state index in [0.717, 1.165) is 18.4 Å². The van der Waals surface area contributed by atoms with E-state index in [9.17, 15) is 14.0 Å². The van der Waals surface area contributed by atoms with Gasteiger partial charge in [0.2, 0.25) is 11.7 Å². The highest BCUT2D eigenvalue weighted by molar-refractivity contribution is 5.95. The normalized spacial score (nSPS) is 21.4. The van der Waals surface area contributed by atoms with Gasteiger partial charge in [0.1, 0.15) is 11.3 Å². The molecule has 0 spiro atoms. The highest BCUT2D eigenvalue weighted by Gasteiger charge is 2.48. The summed E-state index contributed by atoms with van der Waals surface area (Å²) in [5.74, 6) is -3.71. The van der Waals surface area contributed by atoms with E-state index in [2.05, 4.69) is 4.98 Å². The molecule has 1 aliphatic heterocycles. The Kier molecular flexibility index (Phi) is 7.37. The Bertz CT molecular complexity index is 1600. The number of rotatable bonds is 8. The number of Topliss-reactive ketones (excluding diaryl/α,β-unsaturated/α-hetero) is 1. The van der Waals surface area contributed by atoms with Gasteiger partial charge < -0.3 is 18.5 Å². The van der Waals surface area contributed by atoms with E-state index in [-0.39, 0.29) is 24.1 Å². The fourth-order valence-corrected chi connectivity index (χ4v) is 6.15. The molecule has 2 fully saturated rings. The van der Waals surface area contributed by atoms with Crippen LogP contribution in [0.3, 0.4) is 0 Å². The molecule has 10 heteroatoms. The van der Waals surface area contributed by atoms with Crippen molar-refractivity contribution in [3.05, 3.63) is 54.0 Å². The third kappa shape index (κ3) is 5.26. The van der Waals surface area contributed by atoms with Gasteiger partial charge >= 0.3 is 11.9 Å². The zero-order valence-corrected chi connectivity index (χ0v) is 23.2. The molecule has 216 valence electrons. The number of carbonyl (C=O) groups excluding carboxylic acids is 2. The number of hydrogen-bond acceptors (Lipinski definition) is 7. The maximum absolute atomic E-state index is 16.6. The first-order valence-electron chi connectivity index (χ1n) is 14.1. The number of methoxy groups -OCH3 is 1. The van der Waals surface area contributed by atoms with Crippen molar-refractivity contribution in [3.8, 4) is 11.5 Å². The number of likely N-dealkylation sites (tertiary alicyclic amines) is 1. The van der Waals surface area contributed by atoms with Gasteiger partial charge in [-0.1, -0.05) is 6.07 Å². The van der Waals surface area contributed by atoms with Crippen LogP contribution in [0, 0.1) is 11.7 Å². The fraction of sp³-hybridized carbons (Fsp3) is 0.452. The second kappa shape index (κ2) is 11.0. The van der Waals surface area contributed by atoms with Gasteiger partial charge in [-0.05, 0) is 74.4 Å². The molecular weight excluding hydrogens is 532 g/mol. The molecule has 0 amide bonds. The molecule has 8 nitrogen and oxygen atoms in total. The number of fused-ring (bicyclic) bond motifs is 2. The van der Waals surface area contributed by atoms with E-state index in [1.807, 2.05) is 17.8 Å². The quantitative estimate of drug-likeness (QED) is 0.200. The van der Waals surface area contributed by atoms with E-state index >= 15 is 4.39 Å². The number of esters is 1. The largest absolute Gasteiger partial charge is 0.469 e. The van der Waals surface area contributed by atoms with Crippen molar-refractivity contribution in [1.82, 2.24) is 14.5 Å². The van der Waals surface area contributed by atoms with Crippen LogP contribution in [0.1, 0.15) is 44.1 Å². The van der Waals surface area contributed by atoms with Crippen LogP contribution >= 0.6 is 0 Å². The third-order valence-corrected chi connectivity index (χ3v) is 8.39. The van der Waals surface area contributed by atoms with Gasteiger partial charge in [0.25, 0.3) is 0 Å². The summed E-state index contributed by atoms with van der Waals surface area (Å²) in [4.78, 5) is 31.5. The maximum Gasteiger partial charge on any atom is 0.330 e. The second-order valence-electron chi connectivity index (χ2n) is 11.1. The molecule has 1 unspecified atom stereocenters. The lowest BCUT2D eigenvalue weighted by Crippen LogP contribution is -2.54. The minimum absolute atomic E-state index is 0.185. The van der Waals surface area contributed by atoms with Crippen molar-refractivity contribution in [2.24, 2.45) is 13.0 Å². The molecule has 0 N–H and O–H groups in total. The molecule has 1 atom stereocenters. The molecule has 2 aromatic heterocycles. The van der Waals surface area contributed by atoms with E-state index in [1.54, 1.807) is 24.3 Å². The predicted molar refractivity (Wildman–Crippen MR) is 148 cm³/mol. The molecule has 1 saturated carbocycles. The molecule has 1 saturated heterocycles. The Balaban J connectivity index is 1.22. The zero-order chi connectivity index (χ0) is 28.7. The minimum Gasteiger partial charge on any atom is -0.469 e. The summed E-state index contributed by atoms with van der Waals surface area (Å²) in [7, 11) is 3.23. The van der Waals surface area contributed by atoms with Crippen molar-refractivity contribution in [2.75, 3.05) is 20.2 Å². The number of aromatic nitrogens is 2. The summed E-state index contributed by atoms with van der Waals surface area (Å²) in [6.07, 6.45) is 4.82. The molecule has 0 radical (unpaired) electrons. The molecule has 2 aliphatic rings. The Morgan fingerprint density at radius 1 is 1.10 bits per heavy atom. The van der Waals surface area contributed by atoms with Gasteiger partial charge in [-0.2, -0.15) is 4.39 Å². The number of ketones is 1. The summed E-state index contributed by atoms with van der Waals surface area (Å²) in [5.41, 5.74) is 3.10. The topological polar surface area (TPSA) is 86.8 Å². The highest BCUT2D eigenvalue weighted by atomic mass is 19.2. The maximum atomic E-state index is 16.6. The second-order valence-corrected chi connectivity index (χ2v) is 11.1. The Morgan fingerprint density at radius 2 is 1.85 bits per heavy atom. The number of alkyl halides is 1. The van der Waals surface area contributed by atoms with Crippen molar-refractivity contribution in [1.29, 1.82) is 0 Å². The van der Waals surface area contributed by atoms with E-state index in [0.29, 0.717) is 72.3 Å². The average Bonchev–Trinajstić information content (AvgIpc) is 3.72. The lowest BCUT2D eigenvalue weighted by atomic mass is 9.87. The number of aryl methyl sites for hydroxylation is 1. The lowest BCUT2D eigenvalue weighted by molar-refractivity contribution is -0.252. The van der Waals surface area contributed by atoms with Crippen LogP contribution in [0.15, 0.2) is 47.0 Å². The standard InChI is InChI=1S/C31H33F2N3O5/c1-35-18-24(23-17-21(32)8-12-26(23)35)29-34-25-11-5-19(15-27(25)40-29)16-28(37)31(33,36-13-3-4-14-36)41-22-9-6-20(7-10-22)30(38)39-2/h5,8,11-12,15,17-18,20,22H,3-4,6-7,9-10,13-14,16H2,1-2H3. The van der Waals surface area contributed by atoms with E-state index in [4.69, 9.17) is 13.9 Å². The van der Waals surface area contributed by atoms with Gasteiger partial charge in [-0.3, -0.25) is 9.59 Å². The number of hydrogen-bond donors (Lipinski definition) is 0. The Hall–Kier alpha value is -3.63. The number of ether oxygens (including phenoxy) is 2. The molecular formula is C31H33F2N3O5. The number of halogens is 2. The fourth-order valence-electron chi connectivity index (χ4n) is 6.15. The molecule has 41 heavy (non-hydrogen) atoms. The number of carbonyl (C=O) groups is 2. The SMILES string of the molecule is COC(=O)C1CCC(OC(F)(C(=O)Cc2ccc3nc(-c4cn(C)c5ccc(F)cc45)oc3c2)N2CCCC2)CC1. The van der Waals surface area contributed by atoms with Crippen molar-refractivity contribution in [3.63, 3.8) is 0 Å². The van der Waals surface area contributed by atoms with Gasteiger partial charge in [-0.25, -0.2) is 14.3 Å². The summed E-state index contributed by atoms with van der Waals surface area (Å²) in [6, 6.07) is 9.73. The van der Waals surface area contributed by atoms with Crippen molar-refractivity contribution < 1.29 is 32.3 Å². The van der Waals surface area contributed by atoms with E-state index in [1.165, 1.54) is 24.1 Å². The van der Waals surface area contributed by atoms with Crippen LogP contribution in [0.4, 0.5) is 8.78 Å². The first kappa shape index (κ1) is 27.5. The smallest absolute Gasteiger partial charge is 0.330 e. The summed E-state index contributed by atoms with van der Waals surface area (Å²) < 4.78 is 49.3. The molecule has 1 aliphatic carbocycles. The van der Waals surface area contributed by atoms with Crippen LogP contribution in [0.25, 0.3) is 33.5 Å². The predicted octanol–water partition coefficient (Wildman–Crippen LogP) is 5.70. The summed E-state index contributed by atoms with van der Waals surface area (Å²) in [5, 5.41) is 0.681. The number of benzene rings is 2. The van der Waals surface area contributed by atoms with Crippen LogP contribution in [-0.4, -0.2) is 58.5 Å².